The summed E-state index contributed by atoms with van der Waals surface area (Å²) in [5, 5.41) is 22.6. The van der Waals surface area contributed by atoms with Crippen LogP contribution in [-0.4, -0.2) is 16.1 Å². The molecule has 0 unspecified atom stereocenters. The van der Waals surface area contributed by atoms with E-state index in [0.717, 1.165) is 11.4 Å². The summed E-state index contributed by atoms with van der Waals surface area (Å²) in [6.45, 7) is 1.96. The molecule has 2 heterocycles. The number of carbonyl (C=O) groups is 1. The van der Waals surface area contributed by atoms with E-state index in [1.807, 2.05) is 6.92 Å². The van der Waals surface area contributed by atoms with E-state index in [4.69, 9.17) is 0 Å². The molecule has 0 fully saturated rings. The van der Waals surface area contributed by atoms with Crippen molar-refractivity contribution in [3.05, 3.63) is 40.3 Å². The first-order chi connectivity index (χ1) is 8.19. The fourth-order valence-electron chi connectivity index (χ4n) is 1.21. The van der Waals surface area contributed by atoms with Gasteiger partial charge in [-0.1, -0.05) is 18.3 Å². The van der Waals surface area contributed by atoms with Gasteiger partial charge >= 0.3 is 0 Å². The number of amides is 1. The van der Waals surface area contributed by atoms with Crippen molar-refractivity contribution in [2.24, 2.45) is 0 Å². The number of pyridine rings is 1. The lowest BCUT2D eigenvalue weighted by Gasteiger charge is -2.00. The Morgan fingerprint density at radius 2 is 2.41 bits per heavy atom. The molecule has 0 aliphatic heterocycles. The summed E-state index contributed by atoms with van der Waals surface area (Å²) < 4.78 is 0.576. The van der Waals surface area contributed by atoms with E-state index in [2.05, 4.69) is 15.5 Å². The van der Waals surface area contributed by atoms with Gasteiger partial charge in [0, 0.05) is 6.07 Å². The lowest BCUT2D eigenvalue weighted by atomic mass is 10.3. The molecule has 0 aromatic carbocycles. The molecular weight excluding hydrogens is 240 g/mol. The van der Waals surface area contributed by atoms with Gasteiger partial charge in [-0.05, 0) is 12.5 Å². The van der Waals surface area contributed by atoms with Gasteiger partial charge in [0.25, 0.3) is 5.91 Å². The van der Waals surface area contributed by atoms with Crippen molar-refractivity contribution in [2.45, 2.75) is 13.3 Å². The molecule has 2 aromatic heterocycles. The number of hydrogen-bond donors (Lipinski definition) is 1. The molecule has 1 amide bonds. The summed E-state index contributed by atoms with van der Waals surface area (Å²) in [6, 6.07) is 3.07. The molecule has 6 nitrogen and oxygen atoms in total. The van der Waals surface area contributed by atoms with Crippen molar-refractivity contribution in [3.63, 3.8) is 0 Å². The van der Waals surface area contributed by atoms with Crippen LogP contribution in [0.15, 0.2) is 24.5 Å². The van der Waals surface area contributed by atoms with Gasteiger partial charge in [0.1, 0.15) is 10.6 Å². The van der Waals surface area contributed by atoms with Crippen LogP contribution < -0.4 is 10.0 Å². The van der Waals surface area contributed by atoms with Crippen LogP contribution in [0.1, 0.15) is 22.3 Å². The zero-order valence-electron chi connectivity index (χ0n) is 9.08. The highest BCUT2D eigenvalue weighted by molar-refractivity contribution is 7.15. The average molecular weight is 250 g/mol. The smallest absolute Gasteiger partial charge is 0.263 e. The first kappa shape index (κ1) is 11.5. The minimum Gasteiger partial charge on any atom is -0.619 e. The Kier molecular flexibility index (Phi) is 3.29. The van der Waals surface area contributed by atoms with Crippen LogP contribution in [0.3, 0.4) is 0 Å². The Labute approximate surface area is 102 Å². The normalized spacial score (nSPS) is 10.2. The van der Waals surface area contributed by atoms with Crippen molar-refractivity contribution < 1.29 is 9.52 Å². The van der Waals surface area contributed by atoms with Crippen LogP contribution >= 0.6 is 11.3 Å². The zero-order chi connectivity index (χ0) is 12.3. The molecule has 0 atom stereocenters. The number of aryl methyl sites for hydroxylation is 1. The van der Waals surface area contributed by atoms with Crippen LogP contribution in [0.4, 0.5) is 5.13 Å². The van der Waals surface area contributed by atoms with Crippen molar-refractivity contribution >= 4 is 22.4 Å². The van der Waals surface area contributed by atoms with Crippen molar-refractivity contribution in [3.8, 4) is 0 Å². The Morgan fingerprint density at radius 3 is 3.06 bits per heavy atom. The molecular formula is C10H10N4O2S. The minimum absolute atomic E-state index is 0.288. The lowest BCUT2D eigenvalue weighted by Crippen LogP contribution is -2.27. The molecule has 0 saturated carbocycles. The van der Waals surface area contributed by atoms with Crippen LogP contribution in [-0.2, 0) is 6.42 Å². The Hall–Kier alpha value is -2.02. The third kappa shape index (κ3) is 2.76. The predicted octanol–water partition coefficient (Wildman–Crippen LogP) is 0.986. The summed E-state index contributed by atoms with van der Waals surface area (Å²) in [6.07, 6.45) is 3.30. The number of rotatable bonds is 3. The maximum atomic E-state index is 11.7. The number of hydrogen-bond acceptors (Lipinski definition) is 5. The van der Waals surface area contributed by atoms with Crippen molar-refractivity contribution in [1.29, 1.82) is 0 Å². The number of nitrogens with one attached hydrogen (secondary N) is 1. The maximum Gasteiger partial charge on any atom is 0.263 e. The molecule has 0 bridgehead atoms. The standard InChI is InChI=1S/C10H10N4O2S/c1-2-8-12-13-10(17-8)11-9(15)7-4-3-5-14(16)6-7/h3-6H,2H2,1H3,(H,11,13,15). The fraction of sp³-hybridized carbons (Fsp3) is 0.200. The monoisotopic (exact) mass is 250 g/mol. The zero-order valence-corrected chi connectivity index (χ0v) is 9.90. The van der Waals surface area contributed by atoms with E-state index >= 15 is 0 Å². The first-order valence-electron chi connectivity index (χ1n) is 5.01. The molecule has 2 aromatic rings. The molecule has 88 valence electrons. The predicted molar refractivity (Wildman–Crippen MR) is 62.6 cm³/mol. The van der Waals surface area contributed by atoms with Gasteiger partial charge in [-0.25, -0.2) is 0 Å². The highest BCUT2D eigenvalue weighted by Crippen LogP contribution is 2.16. The second kappa shape index (κ2) is 4.88. The summed E-state index contributed by atoms with van der Waals surface area (Å²) in [5.74, 6) is -0.367. The van der Waals surface area contributed by atoms with Crippen molar-refractivity contribution in [2.75, 3.05) is 5.32 Å². The topological polar surface area (TPSA) is 81.8 Å². The average Bonchev–Trinajstić information content (AvgIpc) is 2.77. The van der Waals surface area contributed by atoms with Crippen LogP contribution in [0.2, 0.25) is 0 Å². The minimum atomic E-state index is -0.367. The van der Waals surface area contributed by atoms with Crippen LogP contribution in [0, 0.1) is 5.21 Å². The molecule has 7 heteroatoms. The molecule has 2 rings (SSSR count). The molecule has 0 saturated heterocycles. The quantitative estimate of drug-likeness (QED) is 0.650. The third-order valence-electron chi connectivity index (χ3n) is 2.03. The van der Waals surface area contributed by atoms with E-state index in [1.54, 1.807) is 6.07 Å². The Morgan fingerprint density at radius 1 is 1.59 bits per heavy atom. The largest absolute Gasteiger partial charge is 0.619 e. The SMILES string of the molecule is CCc1nnc(NC(=O)c2ccc[n+]([O-])c2)s1. The number of nitrogens with zero attached hydrogens (tertiary/aromatic N) is 3. The van der Waals surface area contributed by atoms with Gasteiger partial charge in [-0.3, -0.25) is 10.1 Å². The van der Waals surface area contributed by atoms with Gasteiger partial charge in [0.2, 0.25) is 5.13 Å². The van der Waals surface area contributed by atoms with E-state index in [0.29, 0.717) is 9.86 Å². The summed E-state index contributed by atoms with van der Waals surface area (Å²) in [5.41, 5.74) is 0.288. The Bertz CT molecular complexity index is 541. The molecule has 1 N–H and O–H groups in total. The van der Waals surface area contributed by atoms with Crippen LogP contribution in [0.5, 0.6) is 0 Å². The van der Waals surface area contributed by atoms with E-state index in [1.165, 1.54) is 29.8 Å². The number of carbonyl (C=O) groups excluding carboxylic acids is 1. The third-order valence-corrected chi connectivity index (χ3v) is 3.01. The highest BCUT2D eigenvalue weighted by atomic mass is 32.1. The van der Waals surface area contributed by atoms with E-state index < -0.39 is 0 Å². The van der Waals surface area contributed by atoms with Gasteiger partial charge < -0.3 is 5.21 Å². The number of anilines is 1. The van der Waals surface area contributed by atoms with Gasteiger partial charge in [0.05, 0.1) is 0 Å². The molecule has 17 heavy (non-hydrogen) atoms. The summed E-state index contributed by atoms with van der Waals surface area (Å²) in [7, 11) is 0. The first-order valence-corrected chi connectivity index (χ1v) is 5.83. The van der Waals surface area contributed by atoms with Gasteiger partial charge in [0.15, 0.2) is 12.4 Å². The molecule has 0 aliphatic rings. The summed E-state index contributed by atoms with van der Waals surface area (Å²) >= 11 is 1.32. The molecule has 0 radical (unpaired) electrons. The fourth-order valence-corrected chi connectivity index (χ4v) is 1.88. The van der Waals surface area contributed by atoms with Crippen molar-refractivity contribution in [1.82, 2.24) is 10.2 Å². The number of aromatic nitrogens is 3. The molecule has 0 spiro atoms. The maximum absolute atomic E-state index is 11.7. The van der Waals surface area contributed by atoms with Gasteiger partial charge in [-0.2, -0.15) is 4.73 Å². The summed E-state index contributed by atoms with van der Waals surface area (Å²) in [4.78, 5) is 11.7. The van der Waals surface area contributed by atoms with Crippen LogP contribution in [0.25, 0.3) is 0 Å². The second-order valence-corrected chi connectivity index (χ2v) is 4.32. The lowest BCUT2D eigenvalue weighted by molar-refractivity contribution is -0.605. The Balaban J connectivity index is 2.11. The molecule has 0 aliphatic carbocycles. The van der Waals surface area contributed by atoms with E-state index in [9.17, 15) is 10.0 Å². The van der Waals surface area contributed by atoms with E-state index in [-0.39, 0.29) is 11.5 Å². The highest BCUT2D eigenvalue weighted by Gasteiger charge is 2.11. The second-order valence-electron chi connectivity index (χ2n) is 3.26. The van der Waals surface area contributed by atoms with Gasteiger partial charge in [-0.15, -0.1) is 10.2 Å².